The van der Waals surface area contributed by atoms with E-state index in [2.05, 4.69) is 4.98 Å². The van der Waals surface area contributed by atoms with E-state index in [-0.39, 0.29) is 5.56 Å². The van der Waals surface area contributed by atoms with E-state index in [1.165, 1.54) is 10.6 Å². The summed E-state index contributed by atoms with van der Waals surface area (Å²) in [5.41, 5.74) is 7.03. The number of carbonyl (C=O) groups excluding carboxylic acids is 1. The summed E-state index contributed by atoms with van der Waals surface area (Å²) in [7, 11) is 0. The topological polar surface area (TPSA) is 78.0 Å². The fraction of sp³-hybridized carbons (Fsp3) is 0.118. The van der Waals surface area contributed by atoms with E-state index in [1.54, 1.807) is 18.2 Å². The largest absolute Gasteiger partial charge is 0.366 e. The predicted molar refractivity (Wildman–Crippen MR) is 90.2 cm³/mol. The molecule has 0 radical (unpaired) electrons. The Bertz CT molecular complexity index is 965. The molecule has 0 bridgehead atoms. The van der Waals surface area contributed by atoms with Crippen LogP contribution in [0, 0.1) is 0 Å². The first-order chi connectivity index (χ1) is 11.0. The van der Waals surface area contributed by atoms with Gasteiger partial charge in [0.1, 0.15) is 0 Å². The van der Waals surface area contributed by atoms with Gasteiger partial charge in [0, 0.05) is 10.4 Å². The number of carbonyl (C=O) groups is 1. The summed E-state index contributed by atoms with van der Waals surface area (Å²) >= 11 is 6.13. The van der Waals surface area contributed by atoms with Gasteiger partial charge in [-0.2, -0.15) is 4.98 Å². The first kappa shape index (κ1) is 15.2. The molecule has 2 aromatic carbocycles. The number of nitrogens with two attached hydrogens (primary N) is 1. The number of para-hydroxylation sites is 1. The SMILES string of the molecule is CCc1nc(=O)n(-c2ccccc2)c2cc(Cl)cc(C(N)=O)c12. The van der Waals surface area contributed by atoms with Crippen molar-refractivity contribution in [2.24, 2.45) is 5.73 Å². The van der Waals surface area contributed by atoms with Gasteiger partial charge in [0.15, 0.2) is 0 Å². The monoisotopic (exact) mass is 327 g/mol. The van der Waals surface area contributed by atoms with Crippen LogP contribution in [0.1, 0.15) is 23.0 Å². The van der Waals surface area contributed by atoms with Crippen molar-refractivity contribution in [3.05, 3.63) is 69.2 Å². The smallest absolute Gasteiger partial charge is 0.352 e. The Hall–Kier alpha value is -2.66. The number of nitrogens with zero attached hydrogens (tertiary/aromatic N) is 2. The Morgan fingerprint density at radius 2 is 1.96 bits per heavy atom. The minimum absolute atomic E-state index is 0.265. The van der Waals surface area contributed by atoms with E-state index in [4.69, 9.17) is 17.3 Å². The third-order valence-electron chi connectivity index (χ3n) is 3.65. The van der Waals surface area contributed by atoms with Gasteiger partial charge in [-0.25, -0.2) is 4.79 Å². The zero-order valence-electron chi connectivity index (χ0n) is 12.4. The molecule has 5 nitrogen and oxygen atoms in total. The van der Waals surface area contributed by atoms with Gasteiger partial charge in [0.2, 0.25) is 5.91 Å². The minimum atomic E-state index is -0.604. The van der Waals surface area contributed by atoms with Crippen LogP contribution in [0.3, 0.4) is 0 Å². The summed E-state index contributed by atoms with van der Waals surface area (Å²) in [6.07, 6.45) is 0.503. The fourth-order valence-electron chi connectivity index (χ4n) is 2.67. The Morgan fingerprint density at radius 1 is 1.26 bits per heavy atom. The van der Waals surface area contributed by atoms with Crippen molar-refractivity contribution in [2.45, 2.75) is 13.3 Å². The highest BCUT2D eigenvalue weighted by atomic mass is 35.5. The Morgan fingerprint density at radius 3 is 2.57 bits per heavy atom. The van der Waals surface area contributed by atoms with Crippen molar-refractivity contribution in [3.8, 4) is 5.69 Å². The van der Waals surface area contributed by atoms with Crippen molar-refractivity contribution >= 4 is 28.4 Å². The molecule has 0 atom stereocenters. The van der Waals surface area contributed by atoms with Crippen LogP contribution in [0.4, 0.5) is 0 Å². The first-order valence-electron chi connectivity index (χ1n) is 7.13. The van der Waals surface area contributed by atoms with Crippen molar-refractivity contribution in [2.75, 3.05) is 0 Å². The average Bonchev–Trinajstić information content (AvgIpc) is 2.53. The molecular formula is C17H14ClN3O2. The number of aromatic nitrogens is 2. The second kappa shape index (κ2) is 5.85. The second-order valence-corrected chi connectivity index (χ2v) is 5.51. The lowest BCUT2D eigenvalue weighted by Gasteiger charge is -2.14. The first-order valence-corrected chi connectivity index (χ1v) is 7.51. The summed E-state index contributed by atoms with van der Waals surface area (Å²) < 4.78 is 1.44. The number of benzene rings is 2. The van der Waals surface area contributed by atoms with Crippen molar-refractivity contribution < 1.29 is 4.79 Å². The molecule has 1 amide bonds. The number of hydrogen-bond acceptors (Lipinski definition) is 3. The lowest BCUT2D eigenvalue weighted by molar-refractivity contribution is 0.100. The maximum absolute atomic E-state index is 12.5. The van der Waals surface area contributed by atoms with E-state index in [0.717, 1.165) is 0 Å². The second-order valence-electron chi connectivity index (χ2n) is 5.08. The minimum Gasteiger partial charge on any atom is -0.366 e. The van der Waals surface area contributed by atoms with Crippen molar-refractivity contribution in [1.82, 2.24) is 9.55 Å². The molecule has 23 heavy (non-hydrogen) atoms. The molecule has 0 saturated heterocycles. The molecule has 1 aromatic heterocycles. The van der Waals surface area contributed by atoms with Gasteiger partial charge >= 0.3 is 5.69 Å². The van der Waals surface area contributed by atoms with Gasteiger partial charge in [-0.15, -0.1) is 0 Å². The van der Waals surface area contributed by atoms with E-state index in [1.807, 2.05) is 25.1 Å². The molecule has 0 spiro atoms. The van der Waals surface area contributed by atoms with Crippen LogP contribution < -0.4 is 11.4 Å². The van der Waals surface area contributed by atoms with Crippen molar-refractivity contribution in [3.63, 3.8) is 0 Å². The number of fused-ring (bicyclic) bond motifs is 1. The third kappa shape index (κ3) is 2.59. The summed E-state index contributed by atoms with van der Waals surface area (Å²) in [5, 5.41) is 0.900. The van der Waals surface area contributed by atoms with Gasteiger partial charge in [0.25, 0.3) is 0 Å². The maximum Gasteiger partial charge on any atom is 0.352 e. The molecule has 6 heteroatoms. The molecule has 3 rings (SSSR count). The van der Waals surface area contributed by atoms with Crippen LogP contribution in [0.5, 0.6) is 0 Å². The number of hydrogen-bond donors (Lipinski definition) is 1. The molecule has 1 heterocycles. The van der Waals surface area contributed by atoms with Gasteiger partial charge in [-0.1, -0.05) is 36.7 Å². The maximum atomic E-state index is 12.5. The van der Waals surface area contributed by atoms with Crippen LogP contribution in [0.15, 0.2) is 47.3 Å². The Labute approximate surface area is 137 Å². The van der Waals surface area contributed by atoms with Gasteiger partial charge in [0.05, 0.1) is 22.5 Å². The Balaban J connectivity index is 2.54. The highest BCUT2D eigenvalue weighted by Gasteiger charge is 2.17. The van der Waals surface area contributed by atoms with E-state index in [9.17, 15) is 9.59 Å². The molecular weight excluding hydrogens is 314 g/mol. The lowest BCUT2D eigenvalue weighted by atomic mass is 10.0. The molecule has 3 aromatic rings. The van der Waals surface area contributed by atoms with Crippen LogP contribution in [0.25, 0.3) is 16.6 Å². The molecule has 0 fully saturated rings. The van der Waals surface area contributed by atoms with E-state index < -0.39 is 11.6 Å². The third-order valence-corrected chi connectivity index (χ3v) is 3.87. The van der Waals surface area contributed by atoms with Crippen molar-refractivity contribution in [1.29, 1.82) is 0 Å². The van der Waals surface area contributed by atoms with Crippen LogP contribution in [-0.2, 0) is 6.42 Å². The van der Waals surface area contributed by atoms with E-state index >= 15 is 0 Å². The summed E-state index contributed by atoms with van der Waals surface area (Å²) in [6.45, 7) is 1.87. The molecule has 0 aliphatic carbocycles. The highest BCUT2D eigenvalue weighted by Crippen LogP contribution is 2.27. The zero-order chi connectivity index (χ0) is 16.6. The number of aryl methyl sites for hydroxylation is 1. The van der Waals surface area contributed by atoms with Crippen LogP contribution in [0.2, 0.25) is 5.02 Å². The van der Waals surface area contributed by atoms with Gasteiger partial charge < -0.3 is 5.73 Å². The number of rotatable bonds is 3. The lowest BCUT2D eigenvalue weighted by Crippen LogP contribution is -2.25. The normalized spacial score (nSPS) is 10.9. The van der Waals surface area contributed by atoms with Crippen LogP contribution in [-0.4, -0.2) is 15.5 Å². The standard InChI is InChI=1S/C17H14ClN3O2/c1-2-13-15-12(16(19)22)8-10(18)9-14(15)21(17(23)20-13)11-6-4-3-5-7-11/h3-9H,2H2,1H3,(H2,19,22). The molecule has 0 aliphatic rings. The van der Waals surface area contributed by atoms with Gasteiger partial charge in [-0.3, -0.25) is 9.36 Å². The van der Waals surface area contributed by atoms with E-state index in [0.29, 0.717) is 33.7 Å². The summed E-state index contributed by atoms with van der Waals surface area (Å²) in [6, 6.07) is 12.2. The molecule has 0 unspecified atom stereocenters. The summed E-state index contributed by atoms with van der Waals surface area (Å²) in [4.78, 5) is 28.4. The number of primary amides is 1. The quantitative estimate of drug-likeness (QED) is 0.803. The zero-order valence-corrected chi connectivity index (χ0v) is 13.2. The van der Waals surface area contributed by atoms with Crippen LogP contribution >= 0.6 is 11.6 Å². The molecule has 0 aliphatic heterocycles. The molecule has 116 valence electrons. The fourth-order valence-corrected chi connectivity index (χ4v) is 2.89. The average molecular weight is 328 g/mol. The van der Waals surface area contributed by atoms with Gasteiger partial charge in [-0.05, 0) is 30.7 Å². The molecule has 0 saturated carbocycles. The number of amides is 1. The highest BCUT2D eigenvalue weighted by molar-refractivity contribution is 6.32. The Kier molecular flexibility index (Phi) is 3.88. The molecule has 2 N–H and O–H groups in total. The predicted octanol–water partition coefficient (Wildman–Crippen LogP) is 2.70. The number of halogens is 1. The summed E-state index contributed by atoms with van der Waals surface area (Å²) in [5.74, 6) is -0.604.